The van der Waals surface area contributed by atoms with Crippen LogP contribution in [0.5, 0.6) is 0 Å². The van der Waals surface area contributed by atoms with Crippen molar-refractivity contribution in [3.63, 3.8) is 0 Å². The highest BCUT2D eigenvalue weighted by molar-refractivity contribution is 5.79. The van der Waals surface area contributed by atoms with Crippen molar-refractivity contribution in [3.8, 4) is 0 Å². The van der Waals surface area contributed by atoms with Crippen LogP contribution in [0, 0.1) is 5.41 Å². The van der Waals surface area contributed by atoms with E-state index in [1.54, 1.807) is 0 Å². The quantitative estimate of drug-likeness (QED) is 0.297. The SMILES string of the molecule is CC(C)(C)CCN=C(NN)NC1CCCC1. The lowest BCUT2D eigenvalue weighted by Gasteiger charge is -2.18. The van der Waals surface area contributed by atoms with Gasteiger partial charge < -0.3 is 5.32 Å². The van der Waals surface area contributed by atoms with E-state index in [1.807, 2.05) is 0 Å². The normalized spacial score (nSPS) is 18.9. The average molecular weight is 226 g/mol. The van der Waals surface area contributed by atoms with Crippen molar-refractivity contribution in [2.75, 3.05) is 6.54 Å². The molecule has 16 heavy (non-hydrogen) atoms. The highest BCUT2D eigenvalue weighted by Crippen LogP contribution is 2.18. The summed E-state index contributed by atoms with van der Waals surface area (Å²) in [6.45, 7) is 7.50. The predicted molar refractivity (Wildman–Crippen MR) is 69.1 cm³/mol. The number of aliphatic imine (C=N–C) groups is 1. The van der Waals surface area contributed by atoms with Crippen molar-refractivity contribution >= 4 is 5.96 Å². The van der Waals surface area contributed by atoms with Crippen molar-refractivity contribution in [3.05, 3.63) is 0 Å². The molecule has 0 bridgehead atoms. The summed E-state index contributed by atoms with van der Waals surface area (Å²) >= 11 is 0. The predicted octanol–water partition coefficient (Wildman–Crippen LogP) is 1.77. The maximum Gasteiger partial charge on any atom is 0.205 e. The highest BCUT2D eigenvalue weighted by Gasteiger charge is 2.15. The van der Waals surface area contributed by atoms with Crippen LogP contribution < -0.4 is 16.6 Å². The number of hydrogen-bond donors (Lipinski definition) is 3. The van der Waals surface area contributed by atoms with Crippen LogP contribution in [0.4, 0.5) is 0 Å². The van der Waals surface area contributed by atoms with Gasteiger partial charge in [0.2, 0.25) is 5.96 Å². The summed E-state index contributed by atoms with van der Waals surface area (Å²) < 4.78 is 0. The Kier molecular flexibility index (Phi) is 5.06. The molecule has 0 aliphatic heterocycles. The minimum Gasteiger partial charge on any atom is -0.353 e. The van der Waals surface area contributed by atoms with Gasteiger partial charge in [0, 0.05) is 12.6 Å². The number of nitrogens with two attached hydrogens (primary N) is 1. The third-order valence-corrected chi connectivity index (χ3v) is 2.96. The summed E-state index contributed by atoms with van der Waals surface area (Å²) in [5, 5.41) is 3.37. The van der Waals surface area contributed by atoms with Crippen molar-refractivity contribution in [1.29, 1.82) is 0 Å². The molecule has 0 spiro atoms. The number of guanidine groups is 1. The second-order valence-electron chi connectivity index (χ2n) is 5.81. The summed E-state index contributed by atoms with van der Waals surface area (Å²) in [6, 6.07) is 0.560. The van der Waals surface area contributed by atoms with E-state index >= 15 is 0 Å². The first-order valence-electron chi connectivity index (χ1n) is 6.29. The third kappa shape index (κ3) is 5.35. The number of nitrogens with zero attached hydrogens (tertiary/aromatic N) is 1. The molecule has 1 rings (SSSR count). The molecule has 1 aliphatic carbocycles. The zero-order valence-electron chi connectivity index (χ0n) is 10.8. The molecule has 0 aromatic heterocycles. The summed E-state index contributed by atoms with van der Waals surface area (Å²) in [5.74, 6) is 6.20. The van der Waals surface area contributed by atoms with Gasteiger partial charge in [-0.1, -0.05) is 33.6 Å². The molecule has 4 heteroatoms. The van der Waals surface area contributed by atoms with Crippen molar-refractivity contribution in [2.24, 2.45) is 16.3 Å². The van der Waals surface area contributed by atoms with Crippen molar-refractivity contribution < 1.29 is 0 Å². The Morgan fingerprint density at radius 1 is 1.31 bits per heavy atom. The molecule has 4 nitrogen and oxygen atoms in total. The molecular weight excluding hydrogens is 200 g/mol. The first kappa shape index (κ1) is 13.3. The van der Waals surface area contributed by atoms with E-state index in [0.717, 1.165) is 18.9 Å². The van der Waals surface area contributed by atoms with Gasteiger partial charge in [0.1, 0.15) is 0 Å². The Bertz CT molecular complexity index is 224. The Balaban J connectivity index is 2.31. The largest absolute Gasteiger partial charge is 0.353 e. The van der Waals surface area contributed by atoms with E-state index in [1.165, 1.54) is 25.7 Å². The summed E-state index contributed by atoms with van der Waals surface area (Å²) in [6.07, 6.45) is 6.18. The topological polar surface area (TPSA) is 62.4 Å². The molecule has 0 aromatic carbocycles. The minimum absolute atomic E-state index is 0.330. The van der Waals surface area contributed by atoms with Gasteiger partial charge in [-0.25, -0.2) is 5.84 Å². The molecule has 1 aliphatic rings. The minimum atomic E-state index is 0.330. The van der Waals surface area contributed by atoms with Crippen LogP contribution >= 0.6 is 0 Å². The standard InChI is InChI=1S/C12H26N4/c1-12(2,3)8-9-14-11(16-13)15-10-6-4-5-7-10/h10H,4-9,13H2,1-3H3,(H2,14,15,16). The van der Waals surface area contributed by atoms with E-state index < -0.39 is 0 Å². The lowest BCUT2D eigenvalue weighted by Crippen LogP contribution is -2.45. The van der Waals surface area contributed by atoms with E-state index in [9.17, 15) is 0 Å². The Morgan fingerprint density at radius 3 is 2.44 bits per heavy atom. The van der Waals surface area contributed by atoms with Crippen molar-refractivity contribution in [2.45, 2.75) is 58.9 Å². The van der Waals surface area contributed by atoms with Gasteiger partial charge in [-0.2, -0.15) is 0 Å². The van der Waals surface area contributed by atoms with E-state index in [2.05, 4.69) is 36.5 Å². The van der Waals surface area contributed by atoms with Crippen LogP contribution in [0.15, 0.2) is 4.99 Å². The third-order valence-electron chi connectivity index (χ3n) is 2.96. The summed E-state index contributed by atoms with van der Waals surface area (Å²) in [4.78, 5) is 4.46. The molecule has 0 heterocycles. The second-order valence-corrected chi connectivity index (χ2v) is 5.81. The Labute approximate surface area is 99.1 Å². The van der Waals surface area contributed by atoms with Crippen LogP contribution in [-0.2, 0) is 0 Å². The Hall–Kier alpha value is -0.770. The zero-order chi connectivity index (χ0) is 12.0. The first-order valence-corrected chi connectivity index (χ1v) is 6.29. The highest BCUT2D eigenvalue weighted by atomic mass is 15.3. The fourth-order valence-corrected chi connectivity index (χ4v) is 1.90. The lowest BCUT2D eigenvalue weighted by atomic mass is 9.93. The molecule has 0 aromatic rings. The van der Waals surface area contributed by atoms with E-state index in [4.69, 9.17) is 5.84 Å². The smallest absolute Gasteiger partial charge is 0.205 e. The molecule has 0 saturated heterocycles. The number of hydrogen-bond acceptors (Lipinski definition) is 2. The van der Waals surface area contributed by atoms with Gasteiger partial charge in [-0.05, 0) is 24.7 Å². The van der Waals surface area contributed by atoms with Gasteiger partial charge in [0.25, 0.3) is 0 Å². The molecule has 0 amide bonds. The molecule has 0 radical (unpaired) electrons. The van der Waals surface area contributed by atoms with Crippen molar-refractivity contribution in [1.82, 2.24) is 10.7 Å². The van der Waals surface area contributed by atoms with Gasteiger partial charge in [-0.15, -0.1) is 0 Å². The maximum atomic E-state index is 5.46. The zero-order valence-corrected chi connectivity index (χ0v) is 10.8. The van der Waals surface area contributed by atoms with Crippen LogP contribution in [0.2, 0.25) is 0 Å². The number of hydrazine groups is 1. The lowest BCUT2D eigenvalue weighted by molar-refractivity contribution is 0.384. The van der Waals surface area contributed by atoms with Crippen LogP contribution in [0.25, 0.3) is 0 Å². The molecule has 94 valence electrons. The monoisotopic (exact) mass is 226 g/mol. The molecular formula is C12H26N4. The van der Waals surface area contributed by atoms with Crippen LogP contribution in [0.1, 0.15) is 52.9 Å². The number of rotatable bonds is 3. The molecule has 0 unspecified atom stereocenters. The Morgan fingerprint density at radius 2 is 1.94 bits per heavy atom. The van der Waals surface area contributed by atoms with Gasteiger partial charge in [-0.3, -0.25) is 10.4 Å². The van der Waals surface area contributed by atoms with Gasteiger partial charge >= 0.3 is 0 Å². The molecule has 4 N–H and O–H groups in total. The number of nitrogens with one attached hydrogen (secondary N) is 2. The average Bonchev–Trinajstić information content (AvgIpc) is 2.67. The maximum absolute atomic E-state index is 5.46. The van der Waals surface area contributed by atoms with Gasteiger partial charge in [0.15, 0.2) is 0 Å². The van der Waals surface area contributed by atoms with E-state index in [0.29, 0.717) is 11.5 Å². The van der Waals surface area contributed by atoms with Gasteiger partial charge in [0.05, 0.1) is 0 Å². The first-order chi connectivity index (χ1) is 7.51. The fraction of sp³-hybridized carbons (Fsp3) is 0.917. The fourth-order valence-electron chi connectivity index (χ4n) is 1.90. The second kappa shape index (κ2) is 6.09. The summed E-state index contributed by atoms with van der Waals surface area (Å²) in [7, 11) is 0. The van der Waals surface area contributed by atoms with E-state index in [-0.39, 0.29) is 0 Å². The molecule has 1 saturated carbocycles. The summed E-state index contributed by atoms with van der Waals surface area (Å²) in [5.41, 5.74) is 2.98. The van der Waals surface area contributed by atoms with Crippen LogP contribution in [0.3, 0.4) is 0 Å². The van der Waals surface area contributed by atoms with Crippen LogP contribution in [-0.4, -0.2) is 18.5 Å². The molecule has 1 fully saturated rings. The molecule has 0 atom stereocenters.